The number of carbonyl (C=O) groups is 3. The summed E-state index contributed by atoms with van der Waals surface area (Å²) in [7, 11) is 1.50. The Hall–Kier alpha value is -3.73. The van der Waals surface area contributed by atoms with Crippen LogP contribution in [0.5, 0.6) is 0 Å². The van der Waals surface area contributed by atoms with Crippen molar-refractivity contribution in [2.45, 2.75) is 19.8 Å². The van der Waals surface area contributed by atoms with Gasteiger partial charge in [-0.1, -0.05) is 0 Å². The van der Waals surface area contributed by atoms with Crippen molar-refractivity contribution in [3.8, 4) is 0 Å². The summed E-state index contributed by atoms with van der Waals surface area (Å²) < 4.78 is 0. The van der Waals surface area contributed by atoms with Gasteiger partial charge in [0.1, 0.15) is 12.1 Å². The number of carbonyl (C=O) groups excluding carboxylic acids is 3. The van der Waals surface area contributed by atoms with Gasteiger partial charge in [0.2, 0.25) is 11.9 Å². The van der Waals surface area contributed by atoms with Crippen molar-refractivity contribution in [3.05, 3.63) is 36.0 Å². The first kappa shape index (κ1) is 25.5. The van der Waals surface area contributed by atoms with Crippen LogP contribution in [0.2, 0.25) is 0 Å². The summed E-state index contributed by atoms with van der Waals surface area (Å²) in [5.74, 6) is 0.138. The predicted octanol–water partition coefficient (Wildman–Crippen LogP) is 0.954. The largest absolute Gasteiger partial charge is 0.369 e. The lowest BCUT2D eigenvalue weighted by Gasteiger charge is -2.35. The molecule has 11 nitrogen and oxygen atoms in total. The second-order valence-corrected chi connectivity index (χ2v) is 7.22. The first-order chi connectivity index (χ1) is 16.0. The van der Waals surface area contributed by atoms with Crippen molar-refractivity contribution in [1.29, 1.82) is 0 Å². The van der Waals surface area contributed by atoms with Crippen LogP contribution in [0.3, 0.4) is 0 Å². The second-order valence-electron chi connectivity index (χ2n) is 7.22. The van der Waals surface area contributed by atoms with Crippen molar-refractivity contribution in [3.63, 3.8) is 0 Å². The third-order valence-electron chi connectivity index (χ3n) is 5.06. The molecule has 6 N–H and O–H groups in total. The number of rotatable bonds is 9. The van der Waals surface area contributed by atoms with Crippen LogP contribution in [-0.4, -0.2) is 72.7 Å². The molecule has 33 heavy (non-hydrogen) atoms. The number of primary amides is 1. The summed E-state index contributed by atoms with van der Waals surface area (Å²) >= 11 is 0. The highest BCUT2D eigenvalue weighted by molar-refractivity contribution is 5.97. The number of hydrogen-bond acceptors (Lipinski definition) is 9. The van der Waals surface area contributed by atoms with Crippen LogP contribution in [0.25, 0.3) is 0 Å². The van der Waals surface area contributed by atoms with Gasteiger partial charge in [0.05, 0.1) is 5.56 Å². The fraction of sp³-hybridized carbons (Fsp3) is 0.409. The number of unbranched alkanes of at least 4 members (excludes halogenated alkanes) is 1. The van der Waals surface area contributed by atoms with Gasteiger partial charge >= 0.3 is 0 Å². The van der Waals surface area contributed by atoms with Gasteiger partial charge in [-0.15, -0.1) is 0 Å². The first-order valence-electron chi connectivity index (χ1n) is 10.8. The summed E-state index contributed by atoms with van der Waals surface area (Å²) in [6.45, 7) is 5.11. The van der Waals surface area contributed by atoms with Crippen molar-refractivity contribution in [2.75, 3.05) is 55.3 Å². The summed E-state index contributed by atoms with van der Waals surface area (Å²) in [6, 6.07) is 7.86. The minimum atomic E-state index is -0.626. The van der Waals surface area contributed by atoms with Crippen LogP contribution in [0.4, 0.5) is 23.1 Å². The maximum absolute atomic E-state index is 11.6. The van der Waals surface area contributed by atoms with Crippen LogP contribution in [0, 0.1) is 0 Å². The maximum atomic E-state index is 11.6. The quantitative estimate of drug-likeness (QED) is 0.318. The maximum Gasteiger partial charge on any atom is 0.254 e. The number of nitrogens with zero attached hydrogens (tertiary/aromatic N) is 4. The second kappa shape index (κ2) is 13.0. The van der Waals surface area contributed by atoms with Gasteiger partial charge in [-0.05, 0) is 37.7 Å². The van der Waals surface area contributed by atoms with Gasteiger partial charge in [-0.3, -0.25) is 9.59 Å². The van der Waals surface area contributed by atoms with Crippen molar-refractivity contribution in [2.24, 2.45) is 11.5 Å². The number of hydrogen-bond donors (Lipinski definition) is 4. The number of nitrogens with one attached hydrogen (secondary N) is 2. The van der Waals surface area contributed by atoms with Crippen LogP contribution >= 0.6 is 0 Å². The molecule has 0 radical (unpaired) electrons. The van der Waals surface area contributed by atoms with Crippen LogP contribution in [0.1, 0.15) is 30.1 Å². The molecule has 2 aromatic rings. The molecular formula is C22H32N8O3. The molecule has 0 spiro atoms. The average molecular weight is 457 g/mol. The van der Waals surface area contributed by atoms with E-state index in [0.717, 1.165) is 43.8 Å². The molecule has 0 saturated carbocycles. The Morgan fingerprint density at radius 2 is 1.79 bits per heavy atom. The van der Waals surface area contributed by atoms with Crippen molar-refractivity contribution >= 4 is 41.2 Å². The molecular weight excluding hydrogens is 424 g/mol. The molecule has 0 bridgehead atoms. The summed E-state index contributed by atoms with van der Waals surface area (Å²) in [4.78, 5) is 46.2. The number of anilines is 4. The lowest BCUT2D eigenvalue weighted by molar-refractivity contribution is -0.129. The topological polar surface area (TPSA) is 160 Å². The molecule has 1 aromatic heterocycles. The number of benzene rings is 1. The Morgan fingerprint density at radius 1 is 1.12 bits per heavy atom. The molecule has 0 aliphatic carbocycles. The Labute approximate surface area is 193 Å². The third kappa shape index (κ3) is 7.42. The predicted molar refractivity (Wildman–Crippen MR) is 129 cm³/mol. The molecule has 11 heteroatoms. The first-order valence-corrected chi connectivity index (χ1v) is 10.8. The SMILES string of the molecule is CC(=O)N1CCN(c2ccc(Nc3ncc(C(N)=O)c(NCCCC=O)n3)cc2)CC1.CN. The highest BCUT2D eigenvalue weighted by Crippen LogP contribution is 2.22. The molecule has 2 heterocycles. The van der Waals surface area contributed by atoms with Gasteiger partial charge in [-0.25, -0.2) is 4.98 Å². The molecule has 1 aliphatic rings. The number of aldehydes is 1. The van der Waals surface area contributed by atoms with Gasteiger partial charge in [0.25, 0.3) is 5.91 Å². The smallest absolute Gasteiger partial charge is 0.254 e. The van der Waals surface area contributed by atoms with E-state index in [1.54, 1.807) is 6.92 Å². The lowest BCUT2D eigenvalue weighted by Crippen LogP contribution is -2.48. The van der Waals surface area contributed by atoms with E-state index >= 15 is 0 Å². The summed E-state index contributed by atoms with van der Waals surface area (Å²) in [5, 5.41) is 6.16. The zero-order valence-corrected chi connectivity index (χ0v) is 19.1. The molecule has 2 amide bonds. The molecule has 1 aliphatic heterocycles. The standard InChI is InChI=1S/C21H27N7O3.CH5N/c1-15(30)27-9-11-28(12-10-27)17-6-4-16(5-7-17)25-21-24-14-18(19(22)31)20(26-21)23-8-2-3-13-29;1-2/h4-7,13-14H,2-3,8-12H2,1H3,(H2,22,31)(H2,23,24,25,26);2H2,1H3. The average Bonchev–Trinajstić information content (AvgIpc) is 2.83. The minimum absolute atomic E-state index is 0.110. The number of amides is 2. The minimum Gasteiger partial charge on any atom is -0.369 e. The zero-order chi connectivity index (χ0) is 24.2. The molecule has 1 saturated heterocycles. The van der Waals surface area contributed by atoms with E-state index in [1.165, 1.54) is 13.2 Å². The molecule has 178 valence electrons. The monoisotopic (exact) mass is 456 g/mol. The van der Waals surface area contributed by atoms with Crippen molar-refractivity contribution < 1.29 is 14.4 Å². The van der Waals surface area contributed by atoms with Gasteiger partial charge in [-0.2, -0.15) is 4.98 Å². The number of aromatic nitrogens is 2. The van der Waals surface area contributed by atoms with Crippen LogP contribution < -0.4 is 27.0 Å². The zero-order valence-electron chi connectivity index (χ0n) is 19.1. The van der Waals surface area contributed by atoms with Crippen LogP contribution in [-0.2, 0) is 9.59 Å². The van der Waals surface area contributed by atoms with Crippen molar-refractivity contribution in [1.82, 2.24) is 14.9 Å². The molecule has 0 atom stereocenters. The van der Waals surface area contributed by atoms with Gasteiger partial charge in [0.15, 0.2) is 0 Å². The Balaban J connectivity index is 0.00000187. The van der Waals surface area contributed by atoms with Gasteiger partial charge < -0.3 is 36.7 Å². The van der Waals surface area contributed by atoms with E-state index in [4.69, 9.17) is 5.73 Å². The van der Waals surface area contributed by atoms with Gasteiger partial charge in [0, 0.05) is 63.6 Å². The fourth-order valence-electron chi connectivity index (χ4n) is 3.31. The van der Waals surface area contributed by atoms with E-state index in [1.807, 2.05) is 29.2 Å². The molecule has 3 rings (SSSR count). The number of nitrogens with two attached hydrogens (primary N) is 2. The van der Waals surface area contributed by atoms with E-state index in [0.29, 0.717) is 31.2 Å². The van der Waals surface area contributed by atoms with E-state index in [2.05, 4.69) is 31.2 Å². The molecule has 1 aromatic carbocycles. The summed E-state index contributed by atoms with van der Waals surface area (Å²) in [6.07, 6.45) is 3.26. The molecule has 1 fully saturated rings. The summed E-state index contributed by atoms with van der Waals surface area (Å²) in [5.41, 5.74) is 12.0. The Kier molecular flexibility index (Phi) is 10.0. The van der Waals surface area contributed by atoms with E-state index in [9.17, 15) is 14.4 Å². The fourth-order valence-corrected chi connectivity index (χ4v) is 3.31. The Bertz CT molecular complexity index is 928. The number of piperazine rings is 1. The van der Waals surface area contributed by atoms with E-state index in [-0.39, 0.29) is 11.5 Å². The highest BCUT2D eigenvalue weighted by Gasteiger charge is 2.18. The lowest BCUT2D eigenvalue weighted by atomic mass is 10.2. The third-order valence-corrected chi connectivity index (χ3v) is 5.06. The van der Waals surface area contributed by atoms with E-state index < -0.39 is 5.91 Å². The highest BCUT2D eigenvalue weighted by atomic mass is 16.2. The van der Waals surface area contributed by atoms with Crippen LogP contribution in [0.15, 0.2) is 30.5 Å². The Morgan fingerprint density at radius 3 is 2.36 bits per heavy atom. The normalized spacial score (nSPS) is 12.9. The molecule has 0 unspecified atom stereocenters.